The minimum Gasteiger partial charge on any atom is -0.489 e. The van der Waals surface area contributed by atoms with Crippen LogP contribution in [0.3, 0.4) is 0 Å². The lowest BCUT2D eigenvalue weighted by atomic mass is 10.1. The van der Waals surface area contributed by atoms with Crippen LogP contribution in [0.15, 0.2) is 72.8 Å². The Hall–Kier alpha value is -3.93. The third kappa shape index (κ3) is 3.60. The lowest BCUT2D eigenvalue weighted by Gasteiger charge is -2.12. The van der Waals surface area contributed by atoms with Crippen LogP contribution in [-0.2, 0) is 6.61 Å². The van der Waals surface area contributed by atoms with Crippen molar-refractivity contribution in [1.29, 1.82) is 0 Å². The van der Waals surface area contributed by atoms with Crippen LogP contribution in [0.1, 0.15) is 36.6 Å². The summed E-state index contributed by atoms with van der Waals surface area (Å²) in [7, 11) is 1.44. The molecular formula is C23H18N2O4. The number of fused-ring (bicyclic) bond motifs is 1. The van der Waals surface area contributed by atoms with Gasteiger partial charge in [-0.15, -0.1) is 0 Å². The van der Waals surface area contributed by atoms with E-state index >= 15 is 0 Å². The van der Waals surface area contributed by atoms with Crippen molar-refractivity contribution in [3.8, 4) is 5.75 Å². The number of benzene rings is 3. The Labute approximate surface area is 167 Å². The predicted molar refractivity (Wildman–Crippen MR) is 108 cm³/mol. The number of para-hydroxylation sites is 1. The molecule has 6 heteroatoms. The maximum atomic E-state index is 12.8. The molecule has 3 aromatic rings. The molecule has 0 spiro atoms. The normalized spacial score (nSPS) is 12.7. The SMILES string of the molecule is CN1C(=O)c2ccc(NC(=O)c3ccccc3COc3ccccc3)cc2C1=O. The Morgan fingerprint density at radius 3 is 2.38 bits per heavy atom. The van der Waals surface area contributed by atoms with Gasteiger partial charge in [0.2, 0.25) is 0 Å². The summed E-state index contributed by atoms with van der Waals surface area (Å²) in [5.74, 6) is -0.319. The van der Waals surface area contributed by atoms with Gasteiger partial charge >= 0.3 is 0 Å². The van der Waals surface area contributed by atoms with Crippen LogP contribution >= 0.6 is 0 Å². The summed E-state index contributed by atoms with van der Waals surface area (Å²) < 4.78 is 5.76. The Morgan fingerprint density at radius 1 is 0.897 bits per heavy atom. The molecule has 0 unspecified atom stereocenters. The highest BCUT2D eigenvalue weighted by atomic mass is 16.5. The van der Waals surface area contributed by atoms with Gasteiger partial charge in [-0.25, -0.2) is 0 Å². The third-order valence-corrected chi connectivity index (χ3v) is 4.75. The number of hydrogen-bond donors (Lipinski definition) is 1. The lowest BCUT2D eigenvalue weighted by Crippen LogP contribution is -2.24. The number of nitrogens with one attached hydrogen (secondary N) is 1. The summed E-state index contributed by atoms with van der Waals surface area (Å²) >= 11 is 0. The van der Waals surface area contributed by atoms with Crippen molar-refractivity contribution in [2.24, 2.45) is 0 Å². The van der Waals surface area contributed by atoms with E-state index in [0.717, 1.165) is 10.5 Å². The molecule has 1 N–H and O–H groups in total. The van der Waals surface area contributed by atoms with Gasteiger partial charge in [-0.2, -0.15) is 0 Å². The maximum Gasteiger partial charge on any atom is 0.261 e. The molecule has 0 fully saturated rings. The van der Waals surface area contributed by atoms with Gasteiger partial charge in [0, 0.05) is 23.9 Å². The molecule has 3 amide bonds. The number of anilines is 1. The van der Waals surface area contributed by atoms with E-state index in [4.69, 9.17) is 4.74 Å². The molecule has 0 saturated carbocycles. The number of amides is 3. The molecule has 1 aliphatic rings. The van der Waals surface area contributed by atoms with Crippen LogP contribution in [0, 0.1) is 0 Å². The monoisotopic (exact) mass is 386 g/mol. The molecule has 4 rings (SSSR count). The number of nitrogens with zero attached hydrogens (tertiary/aromatic N) is 1. The van der Waals surface area contributed by atoms with E-state index in [1.807, 2.05) is 42.5 Å². The number of carbonyl (C=O) groups is 3. The summed E-state index contributed by atoms with van der Waals surface area (Å²) in [6.45, 7) is 0.246. The topological polar surface area (TPSA) is 75.7 Å². The van der Waals surface area contributed by atoms with Gasteiger partial charge < -0.3 is 10.1 Å². The van der Waals surface area contributed by atoms with Gasteiger partial charge in [0.1, 0.15) is 12.4 Å². The van der Waals surface area contributed by atoms with Crippen LogP contribution in [0.2, 0.25) is 0 Å². The number of rotatable bonds is 5. The molecule has 0 saturated heterocycles. The van der Waals surface area contributed by atoms with Crippen molar-refractivity contribution in [2.75, 3.05) is 12.4 Å². The maximum absolute atomic E-state index is 12.8. The zero-order valence-corrected chi connectivity index (χ0v) is 15.7. The van der Waals surface area contributed by atoms with Gasteiger partial charge in [0.25, 0.3) is 17.7 Å². The molecule has 29 heavy (non-hydrogen) atoms. The summed E-state index contributed by atoms with van der Waals surface area (Å²) in [4.78, 5) is 38.1. The first-order chi connectivity index (χ1) is 14.0. The second kappa shape index (κ2) is 7.59. The second-order valence-electron chi connectivity index (χ2n) is 6.64. The number of imide groups is 1. The molecular weight excluding hydrogens is 368 g/mol. The van der Waals surface area contributed by atoms with E-state index in [1.54, 1.807) is 24.3 Å². The minimum atomic E-state index is -0.377. The van der Waals surface area contributed by atoms with Crippen molar-refractivity contribution >= 4 is 23.4 Å². The van der Waals surface area contributed by atoms with E-state index in [0.29, 0.717) is 22.6 Å². The molecule has 3 aromatic carbocycles. The van der Waals surface area contributed by atoms with Gasteiger partial charge in [0.05, 0.1) is 11.1 Å². The van der Waals surface area contributed by atoms with Crippen molar-refractivity contribution in [3.05, 3.63) is 95.1 Å². The van der Waals surface area contributed by atoms with Crippen LogP contribution in [0.5, 0.6) is 5.75 Å². The van der Waals surface area contributed by atoms with E-state index < -0.39 is 0 Å². The highest BCUT2D eigenvalue weighted by molar-refractivity contribution is 6.21. The summed E-state index contributed by atoms with van der Waals surface area (Å²) in [5.41, 5.74) is 2.29. The summed E-state index contributed by atoms with van der Waals surface area (Å²) in [5, 5.41) is 2.80. The van der Waals surface area contributed by atoms with Crippen molar-refractivity contribution < 1.29 is 19.1 Å². The molecule has 1 aliphatic heterocycles. The van der Waals surface area contributed by atoms with Crippen LogP contribution in [0.25, 0.3) is 0 Å². The number of hydrogen-bond acceptors (Lipinski definition) is 4. The fraction of sp³-hybridized carbons (Fsp3) is 0.0870. The van der Waals surface area contributed by atoms with Gasteiger partial charge in [0.15, 0.2) is 0 Å². The first kappa shape index (κ1) is 18.4. The first-order valence-corrected chi connectivity index (χ1v) is 9.08. The van der Waals surface area contributed by atoms with E-state index in [9.17, 15) is 14.4 Å². The smallest absolute Gasteiger partial charge is 0.261 e. The summed E-state index contributed by atoms with van der Waals surface area (Å²) in [6, 6.07) is 21.2. The fourth-order valence-electron chi connectivity index (χ4n) is 3.18. The zero-order valence-electron chi connectivity index (χ0n) is 15.7. The number of carbonyl (C=O) groups excluding carboxylic acids is 3. The van der Waals surface area contributed by atoms with E-state index in [-0.39, 0.29) is 29.9 Å². The molecule has 0 aliphatic carbocycles. The zero-order chi connectivity index (χ0) is 20.4. The summed E-state index contributed by atoms with van der Waals surface area (Å²) in [6.07, 6.45) is 0. The standard InChI is InChI=1S/C23H18N2O4/c1-25-22(27)19-12-11-16(13-20(19)23(25)28)24-21(26)18-10-6-5-7-15(18)14-29-17-8-3-2-4-9-17/h2-13H,14H2,1H3,(H,24,26). The largest absolute Gasteiger partial charge is 0.489 e. The molecule has 0 aromatic heterocycles. The van der Waals surface area contributed by atoms with Gasteiger partial charge in [-0.1, -0.05) is 36.4 Å². The minimum absolute atomic E-state index is 0.246. The van der Waals surface area contributed by atoms with Gasteiger partial charge in [-0.05, 0) is 36.4 Å². The molecule has 6 nitrogen and oxygen atoms in total. The second-order valence-corrected chi connectivity index (χ2v) is 6.64. The van der Waals surface area contributed by atoms with Crippen molar-refractivity contribution in [1.82, 2.24) is 4.90 Å². The molecule has 1 heterocycles. The fourth-order valence-corrected chi connectivity index (χ4v) is 3.18. The Bertz CT molecular complexity index is 1110. The Kier molecular flexibility index (Phi) is 4.83. The Morgan fingerprint density at radius 2 is 1.59 bits per heavy atom. The average molecular weight is 386 g/mol. The average Bonchev–Trinajstić information content (AvgIpc) is 2.97. The highest BCUT2D eigenvalue weighted by Gasteiger charge is 2.32. The Balaban J connectivity index is 1.53. The van der Waals surface area contributed by atoms with Gasteiger partial charge in [-0.3, -0.25) is 19.3 Å². The molecule has 0 atom stereocenters. The van der Waals surface area contributed by atoms with Crippen LogP contribution in [-0.4, -0.2) is 29.7 Å². The molecule has 0 bridgehead atoms. The van der Waals surface area contributed by atoms with Crippen LogP contribution < -0.4 is 10.1 Å². The highest BCUT2D eigenvalue weighted by Crippen LogP contribution is 2.25. The van der Waals surface area contributed by atoms with E-state index in [2.05, 4.69) is 5.32 Å². The van der Waals surface area contributed by atoms with E-state index in [1.165, 1.54) is 13.1 Å². The van der Waals surface area contributed by atoms with Crippen LogP contribution in [0.4, 0.5) is 5.69 Å². The third-order valence-electron chi connectivity index (χ3n) is 4.75. The van der Waals surface area contributed by atoms with Crippen molar-refractivity contribution in [3.63, 3.8) is 0 Å². The first-order valence-electron chi connectivity index (χ1n) is 9.08. The lowest BCUT2D eigenvalue weighted by molar-refractivity contribution is 0.0692. The molecule has 0 radical (unpaired) electrons. The predicted octanol–water partition coefficient (Wildman–Crippen LogP) is 3.74. The quantitative estimate of drug-likeness (QED) is 0.678. The number of ether oxygens (including phenoxy) is 1. The van der Waals surface area contributed by atoms with Crippen molar-refractivity contribution in [2.45, 2.75) is 6.61 Å². The molecule has 144 valence electrons.